The Kier molecular flexibility index (Phi) is 11.1. The standard InChI is InChI=1S/C19H20N2O2.C13H17N3O.Na/c1-2-3-14-17-18(22)20(15-10-6-4-7-11-15)21(19(17)23)16-12-8-5-9-13-16;1-10-12(14(2)3)13(17)16(15(10)4)11-8-6-5-7-9-11;/h4-13,22H,2-3,14H2,1H3;5-9H,1-4H3;/q;;+1/p-1. The van der Waals surface area contributed by atoms with E-state index in [0.29, 0.717) is 23.4 Å². The fourth-order valence-corrected chi connectivity index (χ4v) is 4.77. The quantitative estimate of drug-likeness (QED) is 0.283. The first kappa shape index (κ1) is 31.8. The van der Waals surface area contributed by atoms with E-state index in [9.17, 15) is 14.7 Å². The number of rotatable bonds is 7. The van der Waals surface area contributed by atoms with Crippen LogP contribution in [0.2, 0.25) is 0 Å². The Labute approximate surface area is 263 Å². The monoisotopic (exact) mass is 561 g/mol. The van der Waals surface area contributed by atoms with Gasteiger partial charge in [0.25, 0.3) is 11.1 Å². The molecule has 0 bridgehead atoms. The predicted octanol–water partition coefficient (Wildman–Crippen LogP) is 1.60. The fourth-order valence-electron chi connectivity index (χ4n) is 4.77. The fraction of sp³-hybridized carbons (Fsp3) is 0.250. The van der Waals surface area contributed by atoms with Gasteiger partial charge in [-0.25, -0.2) is 9.36 Å². The molecule has 2 aromatic heterocycles. The Balaban J connectivity index is 0.000000230. The van der Waals surface area contributed by atoms with E-state index in [4.69, 9.17) is 0 Å². The zero-order valence-electron chi connectivity index (χ0n) is 24.7. The van der Waals surface area contributed by atoms with E-state index in [0.717, 1.165) is 29.9 Å². The van der Waals surface area contributed by atoms with Crippen molar-refractivity contribution in [2.45, 2.75) is 33.1 Å². The molecule has 208 valence electrons. The molecule has 0 amide bonds. The summed E-state index contributed by atoms with van der Waals surface area (Å²) in [6.45, 7) is 4.00. The largest absolute Gasteiger partial charge is 1.00 e. The van der Waals surface area contributed by atoms with Crippen LogP contribution in [0.4, 0.5) is 5.69 Å². The van der Waals surface area contributed by atoms with Crippen molar-refractivity contribution in [3.05, 3.63) is 123 Å². The van der Waals surface area contributed by atoms with E-state index in [2.05, 4.69) is 0 Å². The summed E-state index contributed by atoms with van der Waals surface area (Å²) < 4.78 is 6.52. The zero-order valence-corrected chi connectivity index (χ0v) is 26.7. The molecule has 2 heterocycles. The van der Waals surface area contributed by atoms with Crippen LogP contribution in [0.1, 0.15) is 31.0 Å². The minimum atomic E-state index is -0.224. The van der Waals surface area contributed by atoms with Crippen LogP contribution < -0.4 is 50.7 Å². The maximum absolute atomic E-state index is 12.8. The Hall–Kier alpha value is -3.72. The average molecular weight is 562 g/mol. The van der Waals surface area contributed by atoms with E-state index < -0.39 is 0 Å². The van der Waals surface area contributed by atoms with Crippen LogP contribution in [-0.2, 0) is 13.5 Å². The summed E-state index contributed by atoms with van der Waals surface area (Å²) in [6, 6.07) is 28.2. The van der Waals surface area contributed by atoms with Gasteiger partial charge in [0, 0.05) is 26.7 Å². The van der Waals surface area contributed by atoms with Crippen molar-refractivity contribution in [2.24, 2.45) is 7.05 Å². The van der Waals surface area contributed by atoms with E-state index in [1.807, 2.05) is 136 Å². The van der Waals surface area contributed by atoms with Crippen molar-refractivity contribution in [3.8, 4) is 22.9 Å². The number of unbranched alkanes of at least 4 members (excludes halogenated alkanes) is 1. The molecule has 0 aliphatic carbocycles. The van der Waals surface area contributed by atoms with Gasteiger partial charge in [0.05, 0.1) is 22.8 Å². The number of para-hydroxylation sites is 3. The van der Waals surface area contributed by atoms with Gasteiger partial charge in [-0.05, 0) is 62.0 Å². The van der Waals surface area contributed by atoms with E-state index in [-0.39, 0.29) is 46.6 Å². The maximum Gasteiger partial charge on any atom is 1.00 e. The van der Waals surface area contributed by atoms with Crippen LogP contribution in [0.15, 0.2) is 101 Å². The molecule has 0 aliphatic rings. The van der Waals surface area contributed by atoms with Gasteiger partial charge >= 0.3 is 29.6 Å². The first-order valence-corrected chi connectivity index (χ1v) is 13.4. The summed E-state index contributed by atoms with van der Waals surface area (Å²) in [6.07, 6.45) is 2.29. The molecule has 5 aromatic rings. The molecule has 0 unspecified atom stereocenters. The van der Waals surface area contributed by atoms with Crippen molar-refractivity contribution in [3.63, 3.8) is 0 Å². The summed E-state index contributed by atoms with van der Waals surface area (Å²) in [5, 5.41) is 12.8. The third-order valence-electron chi connectivity index (χ3n) is 6.85. The van der Waals surface area contributed by atoms with Gasteiger partial charge in [0.15, 0.2) is 0 Å². The number of aromatic nitrogens is 4. The molecular formula is C32H36N5NaO3. The van der Waals surface area contributed by atoms with Crippen LogP contribution in [-0.4, -0.2) is 32.8 Å². The Morgan fingerprint density at radius 3 is 1.56 bits per heavy atom. The van der Waals surface area contributed by atoms with Crippen LogP contribution in [0, 0.1) is 6.92 Å². The molecule has 0 aliphatic heterocycles. The third kappa shape index (κ3) is 6.62. The van der Waals surface area contributed by atoms with Gasteiger partial charge in [-0.15, -0.1) is 0 Å². The van der Waals surface area contributed by atoms with E-state index >= 15 is 0 Å². The molecule has 0 atom stereocenters. The number of anilines is 1. The molecule has 5 rings (SSSR count). The van der Waals surface area contributed by atoms with Crippen molar-refractivity contribution in [2.75, 3.05) is 19.0 Å². The second-order valence-electron chi connectivity index (χ2n) is 9.79. The van der Waals surface area contributed by atoms with Gasteiger partial charge < -0.3 is 10.0 Å². The number of hydrogen-bond acceptors (Lipinski definition) is 4. The molecule has 0 saturated carbocycles. The maximum atomic E-state index is 12.8. The van der Waals surface area contributed by atoms with Gasteiger partial charge in [0.2, 0.25) is 0 Å². The van der Waals surface area contributed by atoms with Crippen molar-refractivity contribution >= 4 is 5.69 Å². The summed E-state index contributed by atoms with van der Waals surface area (Å²) >= 11 is 0. The van der Waals surface area contributed by atoms with E-state index in [1.165, 1.54) is 9.36 Å². The SMILES string of the molecule is CCCCc1c([O-])n(-c2ccccc2)n(-c2ccccc2)c1=O.Cc1c(N(C)C)c(=O)n(-c2ccccc2)n1C.[Na+]. The van der Waals surface area contributed by atoms with Crippen LogP contribution in [0.5, 0.6) is 5.88 Å². The minimum Gasteiger partial charge on any atom is -0.858 e. The van der Waals surface area contributed by atoms with E-state index in [1.54, 1.807) is 4.68 Å². The summed E-state index contributed by atoms with van der Waals surface area (Å²) in [7, 11) is 5.68. The molecule has 41 heavy (non-hydrogen) atoms. The average Bonchev–Trinajstić information content (AvgIpc) is 3.35. The molecule has 8 nitrogen and oxygen atoms in total. The Morgan fingerprint density at radius 1 is 0.707 bits per heavy atom. The topological polar surface area (TPSA) is 80.2 Å². The third-order valence-corrected chi connectivity index (χ3v) is 6.85. The normalized spacial score (nSPS) is 10.5. The Morgan fingerprint density at radius 2 is 1.15 bits per heavy atom. The molecule has 0 N–H and O–H groups in total. The van der Waals surface area contributed by atoms with Gasteiger partial charge in [-0.1, -0.05) is 67.9 Å². The predicted molar refractivity (Wildman–Crippen MR) is 159 cm³/mol. The van der Waals surface area contributed by atoms with Gasteiger partial charge in [-0.3, -0.25) is 19.0 Å². The second-order valence-corrected chi connectivity index (χ2v) is 9.79. The number of hydrogen-bond donors (Lipinski definition) is 0. The molecular weight excluding hydrogens is 525 g/mol. The minimum absolute atomic E-state index is 0. The first-order chi connectivity index (χ1) is 19.3. The molecule has 0 fully saturated rings. The first-order valence-electron chi connectivity index (χ1n) is 13.4. The Bertz CT molecular complexity index is 1670. The van der Waals surface area contributed by atoms with Crippen molar-refractivity contribution in [1.82, 2.24) is 18.7 Å². The van der Waals surface area contributed by atoms with Crippen LogP contribution in [0.3, 0.4) is 0 Å². The number of benzene rings is 3. The van der Waals surface area contributed by atoms with Crippen molar-refractivity contribution < 1.29 is 34.7 Å². The summed E-state index contributed by atoms with van der Waals surface area (Å²) in [4.78, 5) is 27.0. The van der Waals surface area contributed by atoms with Crippen molar-refractivity contribution in [1.29, 1.82) is 0 Å². The molecule has 0 saturated heterocycles. The number of nitrogens with zero attached hydrogens (tertiary/aromatic N) is 5. The van der Waals surface area contributed by atoms with Crippen LogP contribution >= 0.6 is 0 Å². The second kappa shape index (κ2) is 14.3. The molecule has 0 spiro atoms. The summed E-state index contributed by atoms with van der Waals surface area (Å²) in [5.41, 5.74) is 4.12. The summed E-state index contributed by atoms with van der Waals surface area (Å²) in [5.74, 6) is -0.224. The van der Waals surface area contributed by atoms with Crippen LogP contribution in [0.25, 0.3) is 17.1 Å². The zero-order chi connectivity index (χ0) is 28.8. The molecule has 9 heteroatoms. The molecule has 0 radical (unpaired) electrons. The van der Waals surface area contributed by atoms with Gasteiger partial charge in [-0.2, -0.15) is 0 Å². The van der Waals surface area contributed by atoms with Gasteiger partial charge in [0.1, 0.15) is 5.69 Å². The molecule has 3 aromatic carbocycles. The smallest absolute Gasteiger partial charge is 0.858 e.